The minimum Gasteiger partial charge on any atom is -0.456 e. The van der Waals surface area contributed by atoms with E-state index in [1.807, 2.05) is 18.2 Å². The van der Waals surface area contributed by atoms with Crippen LogP contribution in [-0.2, 0) is 0 Å². The molecule has 0 bridgehead atoms. The van der Waals surface area contributed by atoms with E-state index in [2.05, 4.69) is 0 Å². The van der Waals surface area contributed by atoms with Crippen LogP contribution in [0.5, 0.6) is 0 Å². The Balaban J connectivity index is 2.57. The molecule has 2 aromatic carbocycles. The van der Waals surface area contributed by atoms with Crippen LogP contribution in [0.2, 0.25) is 0 Å². The standard InChI is InChI=1S/C12H7NO3/c14-13(15)9-5-3-7-11-12(9)8-4-1-2-6-10(8)16-11/h1-7H. The maximum Gasteiger partial charge on any atom is 0.281 e. The Bertz CT molecular complexity index is 700. The second-order valence-electron chi connectivity index (χ2n) is 3.51. The number of nitro groups is 1. The summed E-state index contributed by atoms with van der Waals surface area (Å²) in [6, 6.07) is 12.2. The maximum atomic E-state index is 10.9. The summed E-state index contributed by atoms with van der Waals surface area (Å²) < 4.78 is 5.54. The molecule has 1 aromatic heterocycles. The molecule has 0 N–H and O–H groups in total. The van der Waals surface area contributed by atoms with E-state index in [0.29, 0.717) is 16.6 Å². The number of nitro benzene ring substituents is 1. The highest BCUT2D eigenvalue weighted by molar-refractivity contribution is 6.09. The Morgan fingerprint density at radius 1 is 1.00 bits per heavy atom. The van der Waals surface area contributed by atoms with E-state index in [9.17, 15) is 10.1 Å². The Hall–Kier alpha value is -2.36. The summed E-state index contributed by atoms with van der Waals surface area (Å²) in [5.74, 6) is 0. The van der Waals surface area contributed by atoms with Crippen molar-refractivity contribution in [1.29, 1.82) is 0 Å². The molecular weight excluding hydrogens is 206 g/mol. The van der Waals surface area contributed by atoms with Crippen molar-refractivity contribution in [2.45, 2.75) is 0 Å². The fraction of sp³-hybridized carbons (Fsp3) is 0. The Kier molecular flexibility index (Phi) is 1.71. The quantitative estimate of drug-likeness (QED) is 0.459. The number of furan rings is 1. The van der Waals surface area contributed by atoms with Crippen molar-refractivity contribution in [3.63, 3.8) is 0 Å². The molecule has 3 rings (SSSR count). The zero-order valence-corrected chi connectivity index (χ0v) is 8.21. The van der Waals surface area contributed by atoms with Crippen LogP contribution in [0.3, 0.4) is 0 Å². The summed E-state index contributed by atoms with van der Waals surface area (Å²) in [5.41, 5.74) is 1.31. The fourth-order valence-electron chi connectivity index (χ4n) is 1.91. The molecule has 0 aliphatic rings. The summed E-state index contributed by atoms with van der Waals surface area (Å²) in [4.78, 5) is 10.5. The first-order valence-corrected chi connectivity index (χ1v) is 4.82. The number of hydrogen-bond acceptors (Lipinski definition) is 3. The normalized spacial score (nSPS) is 11.0. The largest absolute Gasteiger partial charge is 0.456 e. The summed E-state index contributed by atoms with van der Waals surface area (Å²) in [6.45, 7) is 0. The van der Waals surface area contributed by atoms with Crippen molar-refractivity contribution >= 4 is 27.6 Å². The van der Waals surface area contributed by atoms with Gasteiger partial charge in [-0.15, -0.1) is 0 Å². The molecule has 16 heavy (non-hydrogen) atoms. The molecule has 0 unspecified atom stereocenters. The van der Waals surface area contributed by atoms with E-state index in [0.717, 1.165) is 5.39 Å². The molecule has 0 amide bonds. The van der Waals surface area contributed by atoms with E-state index in [-0.39, 0.29) is 10.6 Å². The van der Waals surface area contributed by atoms with Gasteiger partial charge in [-0.3, -0.25) is 10.1 Å². The summed E-state index contributed by atoms with van der Waals surface area (Å²) >= 11 is 0. The maximum absolute atomic E-state index is 10.9. The van der Waals surface area contributed by atoms with Crippen LogP contribution >= 0.6 is 0 Å². The molecule has 0 spiro atoms. The van der Waals surface area contributed by atoms with Crippen LogP contribution in [0.4, 0.5) is 5.69 Å². The van der Waals surface area contributed by atoms with E-state index in [4.69, 9.17) is 4.42 Å². The van der Waals surface area contributed by atoms with Crippen molar-refractivity contribution in [3.05, 3.63) is 52.6 Å². The van der Waals surface area contributed by atoms with Crippen LogP contribution in [0.25, 0.3) is 21.9 Å². The molecule has 78 valence electrons. The van der Waals surface area contributed by atoms with Crippen LogP contribution in [0.15, 0.2) is 46.9 Å². The average Bonchev–Trinajstić information content (AvgIpc) is 2.66. The molecule has 0 saturated heterocycles. The van der Waals surface area contributed by atoms with Gasteiger partial charge >= 0.3 is 0 Å². The average molecular weight is 213 g/mol. The minimum absolute atomic E-state index is 0.0856. The third kappa shape index (κ3) is 1.10. The molecule has 0 fully saturated rings. The zero-order valence-electron chi connectivity index (χ0n) is 8.21. The number of para-hydroxylation sites is 1. The Labute approximate surface area is 90.2 Å². The molecule has 0 radical (unpaired) electrons. The zero-order chi connectivity index (χ0) is 11.1. The second-order valence-corrected chi connectivity index (χ2v) is 3.51. The lowest BCUT2D eigenvalue weighted by Crippen LogP contribution is -1.87. The monoisotopic (exact) mass is 213 g/mol. The van der Waals surface area contributed by atoms with Gasteiger partial charge in [0.15, 0.2) is 0 Å². The highest BCUT2D eigenvalue weighted by Crippen LogP contribution is 2.34. The molecule has 0 aliphatic carbocycles. The van der Waals surface area contributed by atoms with Crippen LogP contribution in [-0.4, -0.2) is 4.92 Å². The van der Waals surface area contributed by atoms with Gasteiger partial charge in [0.05, 0.1) is 4.92 Å². The van der Waals surface area contributed by atoms with Crippen LogP contribution in [0.1, 0.15) is 0 Å². The number of benzene rings is 2. The number of nitrogens with zero attached hydrogens (tertiary/aromatic N) is 1. The van der Waals surface area contributed by atoms with Gasteiger partial charge in [0, 0.05) is 11.5 Å². The lowest BCUT2D eigenvalue weighted by Gasteiger charge is -1.92. The Morgan fingerprint density at radius 2 is 1.75 bits per heavy atom. The first-order chi connectivity index (χ1) is 7.77. The number of non-ortho nitro benzene ring substituents is 1. The number of fused-ring (bicyclic) bond motifs is 3. The van der Waals surface area contributed by atoms with Crippen molar-refractivity contribution in [2.24, 2.45) is 0 Å². The van der Waals surface area contributed by atoms with Gasteiger partial charge in [0.2, 0.25) is 0 Å². The fourth-order valence-corrected chi connectivity index (χ4v) is 1.91. The van der Waals surface area contributed by atoms with E-state index >= 15 is 0 Å². The molecular formula is C12H7NO3. The first-order valence-electron chi connectivity index (χ1n) is 4.82. The smallest absolute Gasteiger partial charge is 0.281 e. The van der Waals surface area contributed by atoms with Gasteiger partial charge in [0.25, 0.3) is 5.69 Å². The third-order valence-electron chi connectivity index (χ3n) is 2.58. The molecule has 1 heterocycles. The van der Waals surface area contributed by atoms with Crippen molar-refractivity contribution in [3.8, 4) is 0 Å². The van der Waals surface area contributed by atoms with E-state index in [1.54, 1.807) is 18.2 Å². The lowest BCUT2D eigenvalue weighted by molar-refractivity contribution is -0.383. The van der Waals surface area contributed by atoms with Crippen molar-refractivity contribution < 1.29 is 9.34 Å². The highest BCUT2D eigenvalue weighted by atomic mass is 16.6. The van der Waals surface area contributed by atoms with Crippen molar-refractivity contribution in [1.82, 2.24) is 0 Å². The van der Waals surface area contributed by atoms with Crippen LogP contribution < -0.4 is 0 Å². The molecule has 0 atom stereocenters. The van der Waals surface area contributed by atoms with E-state index < -0.39 is 0 Å². The molecule has 0 saturated carbocycles. The van der Waals surface area contributed by atoms with Gasteiger partial charge in [0.1, 0.15) is 16.6 Å². The molecule has 4 heteroatoms. The SMILES string of the molecule is O=[N+]([O-])c1cccc2oc3ccccc3c12. The van der Waals surface area contributed by atoms with Gasteiger partial charge in [-0.2, -0.15) is 0 Å². The number of hydrogen-bond donors (Lipinski definition) is 0. The second kappa shape index (κ2) is 3.06. The minimum atomic E-state index is -0.385. The molecule has 3 aromatic rings. The third-order valence-corrected chi connectivity index (χ3v) is 2.58. The van der Waals surface area contributed by atoms with Gasteiger partial charge in [-0.25, -0.2) is 0 Å². The van der Waals surface area contributed by atoms with Gasteiger partial charge in [-0.05, 0) is 12.1 Å². The highest BCUT2D eigenvalue weighted by Gasteiger charge is 2.17. The van der Waals surface area contributed by atoms with Gasteiger partial charge < -0.3 is 4.42 Å². The summed E-state index contributed by atoms with van der Waals surface area (Å²) in [5, 5.41) is 12.3. The first kappa shape index (κ1) is 8.91. The Morgan fingerprint density at radius 3 is 2.56 bits per heavy atom. The lowest BCUT2D eigenvalue weighted by atomic mass is 10.1. The number of rotatable bonds is 1. The molecule has 4 nitrogen and oxygen atoms in total. The van der Waals surface area contributed by atoms with Gasteiger partial charge in [-0.1, -0.05) is 24.3 Å². The summed E-state index contributed by atoms with van der Waals surface area (Å²) in [6.07, 6.45) is 0. The topological polar surface area (TPSA) is 56.3 Å². The van der Waals surface area contributed by atoms with Crippen molar-refractivity contribution in [2.75, 3.05) is 0 Å². The predicted molar refractivity (Wildman–Crippen MR) is 60.4 cm³/mol. The van der Waals surface area contributed by atoms with E-state index in [1.165, 1.54) is 6.07 Å². The van der Waals surface area contributed by atoms with Crippen LogP contribution in [0, 0.1) is 10.1 Å². The molecule has 0 aliphatic heterocycles. The summed E-state index contributed by atoms with van der Waals surface area (Å²) in [7, 11) is 0. The predicted octanol–water partition coefficient (Wildman–Crippen LogP) is 3.49.